The predicted octanol–water partition coefficient (Wildman–Crippen LogP) is 0.303. The lowest BCUT2D eigenvalue weighted by Gasteiger charge is -2.06. The lowest BCUT2D eigenvalue weighted by Crippen LogP contribution is -2.07. The first-order valence-electron chi connectivity index (χ1n) is 4.22. The number of nitrogens with one attached hydrogen (secondary N) is 1. The van der Waals surface area contributed by atoms with Gasteiger partial charge in [0.25, 0.3) is 0 Å². The summed E-state index contributed by atoms with van der Waals surface area (Å²) < 4.78 is 33.7. The first-order valence-corrected chi connectivity index (χ1v) is 5.63. The van der Waals surface area contributed by atoms with Crippen LogP contribution in [0.15, 0.2) is 29.2 Å². The minimum absolute atomic E-state index is 0.224. The summed E-state index contributed by atoms with van der Waals surface area (Å²) in [5.74, 6) is 0. The topological polar surface area (TPSA) is 72.2 Å². The normalized spacial score (nSPS) is 10.9. The zero-order valence-electron chi connectivity index (χ0n) is 8.47. The van der Waals surface area contributed by atoms with Crippen LogP contribution >= 0.6 is 0 Å². The Hall–Kier alpha value is -1.40. The smallest absolute Gasteiger partial charge is 0.236 e. The Morgan fingerprint density at radius 1 is 1.27 bits per heavy atom. The van der Waals surface area contributed by atoms with Gasteiger partial charge in [-0.05, 0) is 24.3 Å². The maximum Gasteiger partial charge on any atom is 0.236 e. The van der Waals surface area contributed by atoms with Gasteiger partial charge in [-0.1, -0.05) is 0 Å². The van der Waals surface area contributed by atoms with Gasteiger partial charge in [-0.25, -0.2) is 13.7 Å². The highest BCUT2D eigenvalue weighted by atomic mass is 32.2. The molecule has 0 amide bonds. The van der Waals surface area contributed by atoms with Gasteiger partial charge in [0, 0.05) is 0 Å². The van der Waals surface area contributed by atoms with E-state index >= 15 is 0 Å². The van der Waals surface area contributed by atoms with Gasteiger partial charge in [0.15, 0.2) is 0 Å². The van der Waals surface area contributed by atoms with E-state index in [-0.39, 0.29) is 4.90 Å². The fourth-order valence-corrected chi connectivity index (χ4v) is 1.39. The fraction of sp³-hybridized carbons (Fsp3) is 0.222. The van der Waals surface area contributed by atoms with Crippen LogP contribution in [0, 0.1) is 0 Å². The third-order valence-electron chi connectivity index (χ3n) is 1.63. The molecule has 0 aromatic heterocycles. The van der Waals surface area contributed by atoms with Crippen LogP contribution < -0.4 is 5.32 Å². The summed E-state index contributed by atoms with van der Waals surface area (Å²) in [6.45, 7) is 0. The quantitative estimate of drug-likeness (QED) is 0.349. The van der Waals surface area contributed by atoms with E-state index in [0.29, 0.717) is 0 Å². The molecule has 0 aliphatic rings. The Balaban J connectivity index is 2.87. The average Bonchev–Trinajstić information content (AvgIpc) is 2.14. The van der Waals surface area contributed by atoms with Gasteiger partial charge >= 0.3 is 0 Å². The van der Waals surface area contributed by atoms with Crippen molar-refractivity contribution in [2.24, 2.45) is 0 Å². The van der Waals surface area contributed by atoms with Crippen molar-refractivity contribution in [2.75, 3.05) is 19.4 Å². The predicted molar refractivity (Wildman–Crippen MR) is 56.2 cm³/mol. The molecule has 0 saturated carbocycles. The van der Waals surface area contributed by atoms with Gasteiger partial charge in [0.2, 0.25) is 6.34 Å². The molecule has 82 valence electrons. The third kappa shape index (κ3) is 3.69. The Morgan fingerprint density at radius 3 is 2.20 bits per heavy atom. The molecule has 0 radical (unpaired) electrons. The molecular formula is C9H12N2O3S. The SMILES string of the molecule is C[N+](C)=CNc1ccc(S(=O)(=O)[O-])cc1. The zero-order valence-corrected chi connectivity index (χ0v) is 9.28. The van der Waals surface area contributed by atoms with Crippen LogP contribution in [-0.2, 0) is 10.1 Å². The molecule has 1 N–H and O–H groups in total. The highest BCUT2D eigenvalue weighted by Gasteiger charge is 2.01. The van der Waals surface area contributed by atoms with Crippen LogP contribution in [0.25, 0.3) is 0 Å². The molecule has 0 atom stereocenters. The molecule has 1 rings (SSSR count). The summed E-state index contributed by atoms with van der Waals surface area (Å²) in [5, 5.41) is 2.93. The summed E-state index contributed by atoms with van der Waals surface area (Å²) in [6.07, 6.45) is 1.71. The Morgan fingerprint density at radius 2 is 1.80 bits per heavy atom. The molecule has 1 aromatic carbocycles. The van der Waals surface area contributed by atoms with Crippen LogP contribution in [0.5, 0.6) is 0 Å². The average molecular weight is 228 g/mol. The summed E-state index contributed by atoms with van der Waals surface area (Å²) in [4.78, 5) is -0.224. The third-order valence-corrected chi connectivity index (χ3v) is 2.48. The lowest BCUT2D eigenvalue weighted by atomic mass is 10.3. The molecule has 0 heterocycles. The monoisotopic (exact) mass is 228 g/mol. The van der Waals surface area contributed by atoms with E-state index in [2.05, 4.69) is 5.32 Å². The summed E-state index contributed by atoms with van der Waals surface area (Å²) >= 11 is 0. The van der Waals surface area contributed by atoms with Gasteiger partial charge in [0.05, 0.1) is 19.0 Å². The Bertz CT molecular complexity index is 459. The number of hydrogen-bond donors (Lipinski definition) is 1. The molecule has 15 heavy (non-hydrogen) atoms. The van der Waals surface area contributed by atoms with Crippen molar-refractivity contribution in [1.82, 2.24) is 0 Å². The van der Waals surface area contributed by atoms with Crippen LogP contribution in [-0.4, -0.2) is 38.0 Å². The van der Waals surface area contributed by atoms with Crippen LogP contribution in [0.3, 0.4) is 0 Å². The first kappa shape index (κ1) is 11.7. The van der Waals surface area contributed by atoms with Gasteiger partial charge in [-0.15, -0.1) is 0 Å². The van der Waals surface area contributed by atoms with Crippen molar-refractivity contribution in [1.29, 1.82) is 0 Å². The Kier molecular flexibility index (Phi) is 3.43. The number of nitrogens with zero attached hydrogens (tertiary/aromatic N) is 1. The molecule has 1 aromatic rings. The first-order chi connectivity index (χ1) is 6.89. The molecular weight excluding hydrogens is 216 g/mol. The maximum atomic E-state index is 10.6. The molecule has 0 fully saturated rings. The molecule has 0 unspecified atom stereocenters. The number of rotatable bonds is 3. The minimum atomic E-state index is -4.35. The number of anilines is 1. The second-order valence-corrected chi connectivity index (χ2v) is 4.60. The van der Waals surface area contributed by atoms with E-state index in [0.717, 1.165) is 5.69 Å². The van der Waals surface area contributed by atoms with Gasteiger partial charge in [0.1, 0.15) is 15.8 Å². The van der Waals surface area contributed by atoms with Crippen LogP contribution in [0.1, 0.15) is 0 Å². The molecule has 0 aliphatic carbocycles. The van der Waals surface area contributed by atoms with Gasteiger partial charge in [-0.2, -0.15) is 0 Å². The molecule has 6 heteroatoms. The highest BCUT2D eigenvalue weighted by Crippen LogP contribution is 2.12. The van der Waals surface area contributed by atoms with E-state index in [1.165, 1.54) is 24.3 Å². The van der Waals surface area contributed by atoms with E-state index in [4.69, 9.17) is 0 Å². The molecule has 5 nitrogen and oxygen atoms in total. The Labute approximate surface area is 88.8 Å². The largest absolute Gasteiger partial charge is 0.744 e. The summed E-state index contributed by atoms with van der Waals surface area (Å²) in [6, 6.07) is 5.61. The van der Waals surface area contributed by atoms with Crippen molar-refractivity contribution >= 4 is 22.1 Å². The lowest BCUT2D eigenvalue weighted by molar-refractivity contribution is -0.459. The van der Waals surface area contributed by atoms with Crippen LogP contribution in [0.4, 0.5) is 5.69 Å². The van der Waals surface area contributed by atoms with Gasteiger partial charge in [-0.3, -0.25) is 4.58 Å². The summed E-state index contributed by atoms with van der Waals surface area (Å²) in [7, 11) is -0.648. The van der Waals surface area contributed by atoms with E-state index in [9.17, 15) is 13.0 Å². The molecule has 0 spiro atoms. The van der Waals surface area contributed by atoms with E-state index in [1.54, 1.807) is 10.9 Å². The second-order valence-electron chi connectivity index (χ2n) is 3.22. The van der Waals surface area contributed by atoms with Crippen molar-refractivity contribution in [3.05, 3.63) is 24.3 Å². The van der Waals surface area contributed by atoms with Crippen molar-refractivity contribution in [3.63, 3.8) is 0 Å². The van der Waals surface area contributed by atoms with E-state index < -0.39 is 10.1 Å². The fourth-order valence-electron chi connectivity index (χ4n) is 0.921. The standard InChI is InChI=1S/C9H12N2O3S/c1-11(2)7-10-8-3-5-9(6-4-8)15(12,13)14/h3-7H,1-2H3,(H,12,13,14). The second kappa shape index (κ2) is 4.41. The summed E-state index contributed by atoms with van der Waals surface area (Å²) in [5.41, 5.74) is 0.719. The zero-order chi connectivity index (χ0) is 11.5. The highest BCUT2D eigenvalue weighted by molar-refractivity contribution is 7.85. The van der Waals surface area contributed by atoms with Crippen molar-refractivity contribution < 1.29 is 17.5 Å². The minimum Gasteiger partial charge on any atom is -0.744 e. The number of benzene rings is 1. The van der Waals surface area contributed by atoms with Crippen molar-refractivity contribution in [3.8, 4) is 0 Å². The molecule has 0 bridgehead atoms. The van der Waals surface area contributed by atoms with Crippen molar-refractivity contribution in [2.45, 2.75) is 4.90 Å². The van der Waals surface area contributed by atoms with Crippen LogP contribution in [0.2, 0.25) is 0 Å². The van der Waals surface area contributed by atoms with Gasteiger partial charge < -0.3 is 4.55 Å². The maximum absolute atomic E-state index is 10.6. The number of hydrogen-bond acceptors (Lipinski definition) is 3. The molecule has 0 aliphatic heterocycles. The van der Waals surface area contributed by atoms with E-state index in [1.807, 2.05) is 14.1 Å². The molecule has 0 saturated heterocycles.